The van der Waals surface area contributed by atoms with Crippen molar-refractivity contribution in [2.45, 2.75) is 28.8 Å². The van der Waals surface area contributed by atoms with Crippen LogP contribution in [0.4, 0.5) is 0 Å². The zero-order valence-corrected chi connectivity index (χ0v) is 16.9. The molecule has 1 unspecified atom stereocenters. The molecule has 0 saturated carbocycles. The zero-order chi connectivity index (χ0) is 19.5. The molecule has 1 aliphatic heterocycles. The predicted octanol–water partition coefficient (Wildman–Crippen LogP) is 5.08. The van der Waals surface area contributed by atoms with Crippen LogP contribution in [0.5, 0.6) is 0 Å². The number of nitrogens with two attached hydrogens (primary N) is 1. The molecule has 0 bridgehead atoms. The summed E-state index contributed by atoms with van der Waals surface area (Å²) in [5, 5.41) is 0.730. The number of carbonyl (C=O) groups is 1. The van der Waals surface area contributed by atoms with Crippen molar-refractivity contribution >= 4 is 29.3 Å². The normalized spacial score (nSPS) is 16.5. The Hall–Kier alpha value is -2.27. The summed E-state index contributed by atoms with van der Waals surface area (Å²) in [6, 6.07) is 23.9. The second kappa shape index (κ2) is 8.39. The van der Waals surface area contributed by atoms with Gasteiger partial charge in [-0.1, -0.05) is 65.8 Å². The fourth-order valence-corrected chi connectivity index (χ4v) is 4.77. The Morgan fingerprint density at radius 3 is 2.54 bits per heavy atom. The number of hydrogen-bond acceptors (Lipinski definition) is 3. The largest absolute Gasteiger partial charge is 0.368 e. The predicted molar refractivity (Wildman–Crippen MR) is 115 cm³/mol. The first-order valence-electron chi connectivity index (χ1n) is 9.24. The standard InChI is InChI=1S/C23H21ClN2OS/c24-18-9-11-19(12-10-18)28-21-8-4-2-6-17(21)15-26-14-13-16-5-1-3-7-20(16)22(26)23(25)27/h1-12,22H,13-15H2,(H2,25,27). The number of carbonyl (C=O) groups excluding carboxylic acids is 1. The van der Waals surface area contributed by atoms with E-state index >= 15 is 0 Å². The van der Waals surface area contributed by atoms with Gasteiger partial charge in [0.15, 0.2) is 0 Å². The number of rotatable bonds is 5. The third kappa shape index (κ3) is 4.09. The third-order valence-electron chi connectivity index (χ3n) is 5.04. The second-order valence-corrected chi connectivity index (χ2v) is 8.44. The molecule has 1 amide bonds. The highest BCUT2D eigenvalue weighted by molar-refractivity contribution is 7.99. The zero-order valence-electron chi connectivity index (χ0n) is 15.3. The van der Waals surface area contributed by atoms with E-state index in [0.29, 0.717) is 6.54 Å². The van der Waals surface area contributed by atoms with Crippen molar-refractivity contribution in [3.8, 4) is 0 Å². The fourth-order valence-electron chi connectivity index (χ4n) is 3.70. The molecule has 3 aromatic rings. The molecule has 3 nitrogen and oxygen atoms in total. The van der Waals surface area contributed by atoms with E-state index in [1.165, 1.54) is 16.0 Å². The molecule has 1 atom stereocenters. The van der Waals surface area contributed by atoms with Crippen molar-refractivity contribution < 1.29 is 4.79 Å². The molecule has 1 aliphatic rings. The lowest BCUT2D eigenvalue weighted by Crippen LogP contribution is -2.42. The van der Waals surface area contributed by atoms with Crippen LogP contribution < -0.4 is 5.73 Å². The smallest absolute Gasteiger partial charge is 0.239 e. The maximum absolute atomic E-state index is 12.3. The molecule has 0 radical (unpaired) electrons. The van der Waals surface area contributed by atoms with Gasteiger partial charge in [-0.05, 0) is 53.4 Å². The number of nitrogens with zero attached hydrogens (tertiary/aromatic N) is 1. The summed E-state index contributed by atoms with van der Waals surface area (Å²) in [4.78, 5) is 16.8. The van der Waals surface area contributed by atoms with Gasteiger partial charge in [0.05, 0.1) is 0 Å². The first-order chi connectivity index (χ1) is 13.6. The fraction of sp³-hybridized carbons (Fsp3) is 0.174. The number of benzene rings is 3. The highest BCUT2D eigenvalue weighted by Crippen LogP contribution is 2.35. The van der Waals surface area contributed by atoms with Crippen molar-refractivity contribution in [2.75, 3.05) is 6.54 Å². The van der Waals surface area contributed by atoms with Crippen molar-refractivity contribution in [3.63, 3.8) is 0 Å². The molecular weight excluding hydrogens is 388 g/mol. The minimum absolute atomic E-state index is 0.296. The summed E-state index contributed by atoms with van der Waals surface area (Å²) < 4.78 is 0. The van der Waals surface area contributed by atoms with E-state index in [2.05, 4.69) is 23.1 Å². The summed E-state index contributed by atoms with van der Waals surface area (Å²) in [7, 11) is 0. The van der Waals surface area contributed by atoms with Crippen molar-refractivity contribution in [1.29, 1.82) is 0 Å². The Labute approximate surface area is 174 Å². The number of fused-ring (bicyclic) bond motifs is 1. The number of amides is 1. The maximum Gasteiger partial charge on any atom is 0.239 e. The molecule has 5 heteroatoms. The third-order valence-corrected chi connectivity index (χ3v) is 6.42. The van der Waals surface area contributed by atoms with E-state index < -0.39 is 6.04 Å². The summed E-state index contributed by atoms with van der Waals surface area (Å²) in [5.74, 6) is -0.296. The van der Waals surface area contributed by atoms with Crippen LogP contribution in [0, 0.1) is 0 Å². The van der Waals surface area contributed by atoms with Gasteiger partial charge in [0.1, 0.15) is 6.04 Å². The molecule has 4 rings (SSSR count). The molecule has 1 heterocycles. The maximum atomic E-state index is 12.3. The lowest BCUT2D eigenvalue weighted by molar-refractivity contribution is -0.124. The molecule has 0 aliphatic carbocycles. The van der Waals surface area contributed by atoms with Gasteiger partial charge >= 0.3 is 0 Å². The van der Waals surface area contributed by atoms with Crippen molar-refractivity contribution in [2.24, 2.45) is 5.73 Å². The van der Waals surface area contributed by atoms with Crippen molar-refractivity contribution in [1.82, 2.24) is 4.90 Å². The van der Waals surface area contributed by atoms with Crippen LogP contribution >= 0.6 is 23.4 Å². The van der Waals surface area contributed by atoms with Gasteiger partial charge < -0.3 is 5.73 Å². The summed E-state index contributed by atoms with van der Waals surface area (Å²) in [6.45, 7) is 1.49. The molecule has 3 aromatic carbocycles. The molecule has 0 aromatic heterocycles. The lowest BCUT2D eigenvalue weighted by atomic mass is 9.92. The Bertz CT molecular complexity index is 990. The quantitative estimate of drug-likeness (QED) is 0.640. The van der Waals surface area contributed by atoms with Crippen molar-refractivity contribution in [3.05, 3.63) is 94.5 Å². The van der Waals surface area contributed by atoms with E-state index in [1.807, 2.05) is 54.6 Å². The highest BCUT2D eigenvalue weighted by Gasteiger charge is 2.31. The second-order valence-electron chi connectivity index (χ2n) is 6.89. The van der Waals surface area contributed by atoms with E-state index in [9.17, 15) is 4.79 Å². The van der Waals surface area contributed by atoms with Crippen LogP contribution in [0.15, 0.2) is 82.6 Å². The topological polar surface area (TPSA) is 46.3 Å². The molecule has 142 valence electrons. The minimum atomic E-state index is -0.390. The first-order valence-corrected chi connectivity index (χ1v) is 10.4. The van der Waals surface area contributed by atoms with E-state index in [0.717, 1.165) is 28.4 Å². The summed E-state index contributed by atoms with van der Waals surface area (Å²) >= 11 is 7.71. The number of hydrogen-bond donors (Lipinski definition) is 1. The highest BCUT2D eigenvalue weighted by atomic mass is 35.5. The SMILES string of the molecule is NC(=O)C1c2ccccc2CCN1Cc1ccccc1Sc1ccc(Cl)cc1. The van der Waals surface area contributed by atoms with Gasteiger partial charge in [0.2, 0.25) is 5.91 Å². The Morgan fingerprint density at radius 2 is 1.75 bits per heavy atom. The van der Waals surface area contributed by atoms with Gasteiger partial charge in [-0.3, -0.25) is 9.69 Å². The van der Waals surface area contributed by atoms with Gasteiger partial charge in [0, 0.05) is 27.9 Å². The van der Waals surface area contributed by atoms with Gasteiger partial charge in [-0.2, -0.15) is 0 Å². The molecule has 2 N–H and O–H groups in total. The van der Waals surface area contributed by atoms with E-state index in [-0.39, 0.29) is 5.91 Å². The number of halogens is 1. The average molecular weight is 409 g/mol. The first kappa shape index (κ1) is 19.1. The number of primary amides is 1. The average Bonchev–Trinajstić information content (AvgIpc) is 2.70. The Morgan fingerprint density at radius 1 is 1.04 bits per heavy atom. The molecular formula is C23H21ClN2OS. The molecule has 28 heavy (non-hydrogen) atoms. The minimum Gasteiger partial charge on any atom is -0.368 e. The van der Waals surface area contributed by atoms with Crippen LogP contribution in [-0.2, 0) is 17.8 Å². The van der Waals surface area contributed by atoms with Crippen LogP contribution in [0.1, 0.15) is 22.7 Å². The Balaban J connectivity index is 1.60. The Kier molecular flexibility index (Phi) is 5.72. The lowest BCUT2D eigenvalue weighted by Gasteiger charge is -2.35. The monoisotopic (exact) mass is 408 g/mol. The van der Waals surface area contributed by atoms with Crippen LogP contribution in [0.2, 0.25) is 5.02 Å². The van der Waals surface area contributed by atoms with Gasteiger partial charge in [-0.25, -0.2) is 0 Å². The van der Waals surface area contributed by atoms with E-state index in [4.69, 9.17) is 17.3 Å². The van der Waals surface area contributed by atoms with Gasteiger partial charge in [-0.15, -0.1) is 0 Å². The van der Waals surface area contributed by atoms with Crippen LogP contribution in [0.3, 0.4) is 0 Å². The van der Waals surface area contributed by atoms with Gasteiger partial charge in [0.25, 0.3) is 0 Å². The summed E-state index contributed by atoms with van der Waals surface area (Å²) in [6.07, 6.45) is 0.923. The van der Waals surface area contributed by atoms with E-state index in [1.54, 1.807) is 11.8 Å². The molecule has 0 fully saturated rings. The molecule has 0 saturated heterocycles. The summed E-state index contributed by atoms with van der Waals surface area (Å²) in [5.41, 5.74) is 9.24. The molecule has 0 spiro atoms. The van der Waals surface area contributed by atoms with Crippen LogP contribution in [-0.4, -0.2) is 17.4 Å². The van der Waals surface area contributed by atoms with Crippen LogP contribution in [0.25, 0.3) is 0 Å².